The second-order valence-corrected chi connectivity index (χ2v) is 6.12. The predicted molar refractivity (Wildman–Crippen MR) is 83.8 cm³/mol. The summed E-state index contributed by atoms with van der Waals surface area (Å²) >= 11 is 0. The van der Waals surface area contributed by atoms with Crippen LogP contribution in [0.3, 0.4) is 0 Å². The van der Waals surface area contributed by atoms with Gasteiger partial charge in [-0.15, -0.1) is 0 Å². The molecular formula is C17H24N2O3. The zero-order valence-corrected chi connectivity index (χ0v) is 13.3. The van der Waals surface area contributed by atoms with Gasteiger partial charge in [-0.05, 0) is 25.1 Å². The van der Waals surface area contributed by atoms with E-state index < -0.39 is 0 Å². The predicted octanol–water partition coefficient (Wildman–Crippen LogP) is 1.38. The highest BCUT2D eigenvalue weighted by atomic mass is 16.5. The van der Waals surface area contributed by atoms with Crippen molar-refractivity contribution in [3.05, 3.63) is 35.4 Å². The summed E-state index contributed by atoms with van der Waals surface area (Å²) in [4.78, 5) is 17.3. The van der Waals surface area contributed by atoms with E-state index in [1.165, 1.54) is 0 Å². The van der Waals surface area contributed by atoms with Crippen molar-refractivity contribution >= 4 is 5.91 Å². The zero-order chi connectivity index (χ0) is 15.5. The van der Waals surface area contributed by atoms with Gasteiger partial charge >= 0.3 is 0 Å². The van der Waals surface area contributed by atoms with Crippen molar-refractivity contribution in [3.63, 3.8) is 0 Å². The van der Waals surface area contributed by atoms with Crippen LogP contribution in [-0.2, 0) is 16.1 Å². The molecule has 0 radical (unpaired) electrons. The maximum atomic E-state index is 13.1. The quantitative estimate of drug-likeness (QED) is 0.846. The number of methoxy groups -OCH3 is 1. The van der Waals surface area contributed by atoms with E-state index in [0.717, 1.165) is 30.6 Å². The summed E-state index contributed by atoms with van der Waals surface area (Å²) in [5.74, 6) is 0.0984. The maximum absolute atomic E-state index is 13.1. The van der Waals surface area contributed by atoms with Gasteiger partial charge in [0.25, 0.3) is 5.91 Å². The first-order valence-corrected chi connectivity index (χ1v) is 7.88. The first-order chi connectivity index (χ1) is 10.7. The number of carbonyl (C=O) groups is 1. The van der Waals surface area contributed by atoms with Crippen molar-refractivity contribution in [1.29, 1.82) is 0 Å². The molecule has 2 aliphatic rings. The summed E-state index contributed by atoms with van der Waals surface area (Å²) in [6.45, 7) is 3.66. The molecule has 0 saturated carbocycles. The minimum atomic E-state index is 0.0984. The normalized spacial score (nSPS) is 25.8. The minimum Gasteiger partial charge on any atom is -0.380 e. The average Bonchev–Trinajstić information content (AvgIpc) is 2.54. The lowest BCUT2D eigenvalue weighted by Crippen LogP contribution is -2.60. The van der Waals surface area contributed by atoms with E-state index in [2.05, 4.69) is 11.9 Å². The molecule has 0 unspecified atom stereocenters. The highest BCUT2D eigenvalue weighted by molar-refractivity contribution is 5.96. The van der Waals surface area contributed by atoms with E-state index in [0.29, 0.717) is 19.8 Å². The van der Waals surface area contributed by atoms with Crippen LogP contribution in [0.4, 0.5) is 0 Å². The van der Waals surface area contributed by atoms with Crippen LogP contribution in [-0.4, -0.2) is 68.3 Å². The van der Waals surface area contributed by atoms with E-state index in [-0.39, 0.29) is 18.1 Å². The number of amides is 1. The Balaban J connectivity index is 1.84. The summed E-state index contributed by atoms with van der Waals surface area (Å²) in [7, 11) is 3.76. The molecule has 1 aromatic carbocycles. The van der Waals surface area contributed by atoms with Gasteiger partial charge in [0.15, 0.2) is 0 Å². The smallest absolute Gasteiger partial charge is 0.254 e. The molecule has 2 aliphatic heterocycles. The number of fused-ring (bicyclic) bond motifs is 1. The molecule has 0 bridgehead atoms. The van der Waals surface area contributed by atoms with Crippen LogP contribution in [0, 0.1) is 0 Å². The Bertz CT molecular complexity index is 534. The first kappa shape index (κ1) is 15.5. The number of carbonyl (C=O) groups excluding carboxylic acids is 1. The fourth-order valence-electron chi connectivity index (χ4n) is 3.45. The van der Waals surface area contributed by atoms with Gasteiger partial charge in [0.2, 0.25) is 0 Å². The van der Waals surface area contributed by atoms with Crippen molar-refractivity contribution in [1.82, 2.24) is 9.80 Å². The molecule has 2 heterocycles. The molecule has 0 aromatic heterocycles. The molecule has 2 fully saturated rings. The molecule has 2 saturated heterocycles. The van der Waals surface area contributed by atoms with Gasteiger partial charge in [-0.1, -0.05) is 18.2 Å². The topological polar surface area (TPSA) is 42.0 Å². The van der Waals surface area contributed by atoms with Crippen molar-refractivity contribution < 1.29 is 14.3 Å². The highest BCUT2D eigenvalue weighted by Crippen LogP contribution is 2.25. The fraction of sp³-hybridized carbons (Fsp3) is 0.588. The summed E-state index contributed by atoms with van der Waals surface area (Å²) in [5, 5.41) is 0. The van der Waals surface area contributed by atoms with Crippen LogP contribution in [0.5, 0.6) is 0 Å². The fourth-order valence-corrected chi connectivity index (χ4v) is 3.45. The molecule has 5 heteroatoms. The monoisotopic (exact) mass is 304 g/mol. The number of likely N-dealkylation sites (N-methyl/N-ethyl adjacent to an activating group) is 1. The van der Waals surface area contributed by atoms with Gasteiger partial charge in [0.05, 0.1) is 25.4 Å². The van der Waals surface area contributed by atoms with E-state index >= 15 is 0 Å². The molecule has 2 atom stereocenters. The second-order valence-electron chi connectivity index (χ2n) is 6.12. The molecule has 0 aliphatic carbocycles. The van der Waals surface area contributed by atoms with Crippen molar-refractivity contribution in [3.8, 4) is 0 Å². The molecule has 3 rings (SSSR count). The lowest BCUT2D eigenvalue weighted by atomic mass is 9.97. The number of likely N-dealkylation sites (tertiary alicyclic amines) is 1. The van der Waals surface area contributed by atoms with E-state index in [1.807, 2.05) is 29.2 Å². The Morgan fingerprint density at radius 2 is 2.18 bits per heavy atom. The molecule has 0 spiro atoms. The Labute approximate surface area is 131 Å². The van der Waals surface area contributed by atoms with E-state index in [9.17, 15) is 4.79 Å². The summed E-state index contributed by atoms with van der Waals surface area (Å²) < 4.78 is 11.1. The summed E-state index contributed by atoms with van der Waals surface area (Å²) in [5.41, 5.74) is 1.69. The Morgan fingerprint density at radius 3 is 3.00 bits per heavy atom. The second kappa shape index (κ2) is 6.77. The number of rotatable bonds is 3. The van der Waals surface area contributed by atoms with Gasteiger partial charge < -0.3 is 19.3 Å². The van der Waals surface area contributed by atoms with Crippen molar-refractivity contribution in [2.24, 2.45) is 0 Å². The number of hydrogen-bond acceptors (Lipinski definition) is 4. The van der Waals surface area contributed by atoms with Crippen LogP contribution in [0.15, 0.2) is 24.3 Å². The number of morpholine rings is 1. The van der Waals surface area contributed by atoms with Gasteiger partial charge in [0.1, 0.15) is 0 Å². The number of piperidine rings is 1. The first-order valence-electron chi connectivity index (χ1n) is 7.88. The molecule has 1 amide bonds. The van der Waals surface area contributed by atoms with Crippen LogP contribution in [0.25, 0.3) is 0 Å². The van der Waals surface area contributed by atoms with Crippen LogP contribution < -0.4 is 0 Å². The number of hydrogen-bond donors (Lipinski definition) is 0. The number of ether oxygens (including phenoxy) is 2. The lowest BCUT2D eigenvalue weighted by molar-refractivity contribution is -0.0870. The Hall–Kier alpha value is -1.43. The highest BCUT2D eigenvalue weighted by Gasteiger charge is 2.38. The van der Waals surface area contributed by atoms with Gasteiger partial charge in [-0.3, -0.25) is 4.79 Å². The Morgan fingerprint density at radius 1 is 1.36 bits per heavy atom. The SMILES string of the molecule is COCc1ccccc1C(=O)N1CCO[C@H]2CCN(C)C[C@H]21. The third kappa shape index (κ3) is 3.02. The summed E-state index contributed by atoms with van der Waals surface area (Å²) in [6.07, 6.45) is 1.16. The molecule has 22 heavy (non-hydrogen) atoms. The van der Waals surface area contributed by atoms with Crippen LogP contribution in [0.2, 0.25) is 0 Å². The van der Waals surface area contributed by atoms with Gasteiger partial charge in [0, 0.05) is 32.3 Å². The number of nitrogens with zero attached hydrogens (tertiary/aromatic N) is 2. The van der Waals surface area contributed by atoms with Crippen LogP contribution >= 0.6 is 0 Å². The lowest BCUT2D eigenvalue weighted by Gasteiger charge is -2.46. The molecule has 120 valence electrons. The molecular weight excluding hydrogens is 280 g/mol. The molecule has 1 aromatic rings. The van der Waals surface area contributed by atoms with E-state index in [4.69, 9.17) is 9.47 Å². The average molecular weight is 304 g/mol. The molecule has 0 N–H and O–H groups in total. The third-order valence-corrected chi connectivity index (χ3v) is 4.60. The van der Waals surface area contributed by atoms with Crippen molar-refractivity contribution in [2.75, 3.05) is 40.4 Å². The largest absolute Gasteiger partial charge is 0.380 e. The van der Waals surface area contributed by atoms with Crippen LogP contribution in [0.1, 0.15) is 22.3 Å². The van der Waals surface area contributed by atoms with Crippen molar-refractivity contribution in [2.45, 2.75) is 25.2 Å². The van der Waals surface area contributed by atoms with E-state index in [1.54, 1.807) is 7.11 Å². The van der Waals surface area contributed by atoms with Gasteiger partial charge in [-0.25, -0.2) is 0 Å². The standard InChI is InChI=1S/C17H24N2O3/c1-18-8-7-16-15(11-18)19(9-10-22-16)17(20)14-6-4-3-5-13(14)12-21-2/h3-6,15-16H,7-12H2,1-2H3/t15-,16+/m1/s1. The Kier molecular flexibility index (Phi) is 4.76. The third-order valence-electron chi connectivity index (χ3n) is 4.60. The molecule has 5 nitrogen and oxygen atoms in total. The summed E-state index contributed by atoms with van der Waals surface area (Å²) in [6, 6.07) is 7.87. The zero-order valence-electron chi connectivity index (χ0n) is 13.3. The number of benzene rings is 1. The van der Waals surface area contributed by atoms with Gasteiger partial charge in [-0.2, -0.15) is 0 Å². The maximum Gasteiger partial charge on any atom is 0.254 e. The minimum absolute atomic E-state index is 0.0984.